The van der Waals surface area contributed by atoms with Crippen LogP contribution in [0.2, 0.25) is 0 Å². The van der Waals surface area contributed by atoms with E-state index in [2.05, 4.69) is 26.1 Å². The Hall–Kier alpha value is -3.65. The second kappa shape index (κ2) is 7.95. The van der Waals surface area contributed by atoms with Crippen molar-refractivity contribution >= 4 is 23.0 Å². The highest BCUT2D eigenvalue weighted by molar-refractivity contribution is 6.04. The van der Waals surface area contributed by atoms with Gasteiger partial charge in [0.1, 0.15) is 6.33 Å². The van der Waals surface area contributed by atoms with E-state index in [0.29, 0.717) is 16.8 Å². The number of hydrogen-bond acceptors (Lipinski definition) is 4. The van der Waals surface area contributed by atoms with Crippen molar-refractivity contribution in [2.45, 2.75) is 6.92 Å². The van der Waals surface area contributed by atoms with Gasteiger partial charge in [-0.1, -0.05) is 18.1 Å². The fourth-order valence-corrected chi connectivity index (χ4v) is 2.65. The van der Waals surface area contributed by atoms with Crippen molar-refractivity contribution in [1.29, 1.82) is 0 Å². The molecule has 0 radical (unpaired) electrons. The van der Waals surface area contributed by atoms with Gasteiger partial charge < -0.3 is 10.2 Å². The average Bonchev–Trinajstić information content (AvgIpc) is 2.70. The first-order valence-corrected chi connectivity index (χ1v) is 8.22. The van der Waals surface area contributed by atoms with Gasteiger partial charge in [-0.15, -0.1) is 6.42 Å². The van der Waals surface area contributed by atoms with Gasteiger partial charge in [0.2, 0.25) is 0 Å². The number of terminal acetylenes is 1. The summed E-state index contributed by atoms with van der Waals surface area (Å²) in [5, 5.41) is 2.91. The topological polar surface area (TPSA) is 58.1 Å². The predicted molar refractivity (Wildman–Crippen MR) is 103 cm³/mol. The molecule has 0 aliphatic rings. The van der Waals surface area contributed by atoms with E-state index in [1.165, 1.54) is 6.33 Å². The summed E-state index contributed by atoms with van der Waals surface area (Å²) in [6, 6.07) is 14.6. The zero-order valence-corrected chi connectivity index (χ0v) is 14.4. The number of aromatic nitrogens is 2. The highest BCUT2D eigenvalue weighted by Crippen LogP contribution is 2.26. The molecule has 5 heteroatoms. The van der Waals surface area contributed by atoms with Crippen molar-refractivity contribution in [3.05, 3.63) is 78.4 Å². The molecule has 0 spiro atoms. The monoisotopic (exact) mass is 342 g/mol. The highest BCUT2D eigenvalue weighted by Gasteiger charge is 2.10. The van der Waals surface area contributed by atoms with E-state index in [1.807, 2.05) is 31.2 Å². The maximum atomic E-state index is 12.5. The summed E-state index contributed by atoms with van der Waals surface area (Å²) in [6.07, 6.45) is 10.4. The zero-order valence-electron chi connectivity index (χ0n) is 14.4. The van der Waals surface area contributed by atoms with Crippen molar-refractivity contribution in [2.24, 2.45) is 0 Å². The first kappa shape index (κ1) is 17.2. The molecule has 0 atom stereocenters. The van der Waals surface area contributed by atoms with Crippen LogP contribution in [0.15, 0.2) is 67.3 Å². The highest BCUT2D eigenvalue weighted by atomic mass is 16.1. The van der Waals surface area contributed by atoms with Crippen LogP contribution in [0, 0.1) is 12.3 Å². The van der Waals surface area contributed by atoms with Gasteiger partial charge >= 0.3 is 0 Å². The molecule has 0 bridgehead atoms. The van der Waals surface area contributed by atoms with Crippen LogP contribution in [0.5, 0.6) is 0 Å². The first-order chi connectivity index (χ1) is 12.7. The van der Waals surface area contributed by atoms with E-state index in [4.69, 9.17) is 6.42 Å². The minimum atomic E-state index is -0.203. The third kappa shape index (κ3) is 3.87. The fraction of sp³-hybridized carbons (Fsp3) is 0.0952. The SMILES string of the molecule is C#Cc1cccc(C(=O)Nc2cccc(N(CC)c3cncnc3)c2)c1. The lowest BCUT2D eigenvalue weighted by Crippen LogP contribution is -2.17. The summed E-state index contributed by atoms with van der Waals surface area (Å²) in [5.74, 6) is 2.33. The molecule has 3 rings (SSSR count). The lowest BCUT2D eigenvalue weighted by molar-refractivity contribution is 0.102. The Bertz CT molecular complexity index is 947. The Morgan fingerprint density at radius 1 is 1.12 bits per heavy atom. The lowest BCUT2D eigenvalue weighted by atomic mass is 10.1. The van der Waals surface area contributed by atoms with Gasteiger partial charge in [-0.3, -0.25) is 4.79 Å². The number of benzene rings is 2. The van der Waals surface area contributed by atoms with Crippen molar-refractivity contribution in [2.75, 3.05) is 16.8 Å². The molecule has 26 heavy (non-hydrogen) atoms. The van der Waals surface area contributed by atoms with Crippen LogP contribution >= 0.6 is 0 Å². The number of rotatable bonds is 5. The Morgan fingerprint density at radius 2 is 1.88 bits per heavy atom. The van der Waals surface area contributed by atoms with Crippen LogP contribution in [-0.4, -0.2) is 22.4 Å². The number of hydrogen-bond donors (Lipinski definition) is 1. The molecule has 1 heterocycles. The summed E-state index contributed by atoms with van der Waals surface area (Å²) in [5.41, 5.74) is 3.73. The Labute approximate surface area is 152 Å². The summed E-state index contributed by atoms with van der Waals surface area (Å²) in [7, 11) is 0. The van der Waals surface area contributed by atoms with E-state index in [1.54, 1.807) is 36.7 Å². The third-order valence-corrected chi connectivity index (χ3v) is 3.88. The smallest absolute Gasteiger partial charge is 0.255 e. The van der Waals surface area contributed by atoms with Crippen LogP contribution in [0.1, 0.15) is 22.8 Å². The largest absolute Gasteiger partial charge is 0.339 e. The minimum absolute atomic E-state index is 0.203. The molecule has 3 aromatic rings. The molecule has 0 saturated carbocycles. The normalized spacial score (nSPS) is 10.0. The molecule has 2 aromatic carbocycles. The van der Waals surface area contributed by atoms with Gasteiger partial charge in [0.25, 0.3) is 5.91 Å². The number of anilines is 3. The van der Waals surface area contributed by atoms with E-state index in [9.17, 15) is 4.79 Å². The van der Waals surface area contributed by atoms with Crippen LogP contribution < -0.4 is 10.2 Å². The van der Waals surface area contributed by atoms with Crippen molar-refractivity contribution in [3.63, 3.8) is 0 Å². The van der Waals surface area contributed by atoms with Gasteiger partial charge in [-0.25, -0.2) is 9.97 Å². The number of nitrogens with zero attached hydrogens (tertiary/aromatic N) is 3. The molecular formula is C21H18N4O. The molecule has 0 saturated heterocycles. The first-order valence-electron chi connectivity index (χ1n) is 8.22. The van der Waals surface area contributed by atoms with Crippen LogP contribution in [0.4, 0.5) is 17.1 Å². The van der Waals surface area contributed by atoms with Crippen LogP contribution in [0.25, 0.3) is 0 Å². The molecule has 0 aliphatic heterocycles. The zero-order chi connectivity index (χ0) is 18.4. The molecule has 0 aliphatic carbocycles. The predicted octanol–water partition coefficient (Wildman–Crippen LogP) is 3.87. The fourth-order valence-electron chi connectivity index (χ4n) is 2.65. The summed E-state index contributed by atoms with van der Waals surface area (Å²) in [6.45, 7) is 2.79. The molecular weight excluding hydrogens is 324 g/mol. The van der Waals surface area contributed by atoms with Crippen molar-refractivity contribution in [3.8, 4) is 12.3 Å². The summed E-state index contributed by atoms with van der Waals surface area (Å²) in [4.78, 5) is 22.7. The lowest BCUT2D eigenvalue weighted by Gasteiger charge is -2.23. The van der Waals surface area contributed by atoms with Gasteiger partial charge in [0.15, 0.2) is 0 Å². The quantitative estimate of drug-likeness (QED) is 0.715. The van der Waals surface area contributed by atoms with Crippen LogP contribution in [0.3, 0.4) is 0 Å². The summed E-state index contributed by atoms with van der Waals surface area (Å²) >= 11 is 0. The molecule has 5 nitrogen and oxygen atoms in total. The van der Waals surface area contributed by atoms with Gasteiger partial charge in [-0.05, 0) is 43.3 Å². The molecule has 0 fully saturated rings. The Balaban J connectivity index is 1.83. The van der Waals surface area contributed by atoms with Gasteiger partial charge in [0, 0.05) is 29.0 Å². The Kier molecular flexibility index (Phi) is 5.25. The van der Waals surface area contributed by atoms with E-state index >= 15 is 0 Å². The third-order valence-electron chi connectivity index (χ3n) is 3.88. The molecule has 1 N–H and O–H groups in total. The van der Waals surface area contributed by atoms with E-state index in [0.717, 1.165) is 17.9 Å². The second-order valence-electron chi connectivity index (χ2n) is 5.57. The van der Waals surface area contributed by atoms with E-state index < -0.39 is 0 Å². The molecule has 128 valence electrons. The Morgan fingerprint density at radius 3 is 2.62 bits per heavy atom. The number of carbonyl (C=O) groups is 1. The average molecular weight is 342 g/mol. The summed E-state index contributed by atoms with van der Waals surface area (Å²) < 4.78 is 0. The maximum absolute atomic E-state index is 12.5. The number of nitrogens with one attached hydrogen (secondary N) is 1. The van der Waals surface area contributed by atoms with E-state index in [-0.39, 0.29) is 5.91 Å². The van der Waals surface area contributed by atoms with Crippen LogP contribution in [-0.2, 0) is 0 Å². The number of carbonyl (C=O) groups excluding carboxylic acids is 1. The minimum Gasteiger partial charge on any atom is -0.339 e. The molecule has 0 unspecified atom stereocenters. The molecule has 1 aromatic heterocycles. The standard InChI is InChI=1S/C21H18N4O/c1-3-16-7-5-8-17(11-16)21(26)24-18-9-6-10-19(12-18)25(4-2)20-13-22-15-23-14-20/h1,5-15H,4H2,2H3,(H,24,26). The maximum Gasteiger partial charge on any atom is 0.255 e. The second-order valence-corrected chi connectivity index (χ2v) is 5.57. The number of amides is 1. The van der Waals surface area contributed by atoms with Crippen molar-refractivity contribution in [1.82, 2.24) is 9.97 Å². The van der Waals surface area contributed by atoms with Gasteiger partial charge in [-0.2, -0.15) is 0 Å². The van der Waals surface area contributed by atoms with Crippen molar-refractivity contribution < 1.29 is 4.79 Å². The molecule has 1 amide bonds. The van der Waals surface area contributed by atoms with Gasteiger partial charge in [0.05, 0.1) is 18.1 Å².